The molecule has 0 heterocycles. The predicted octanol–water partition coefficient (Wildman–Crippen LogP) is 2.74. The summed E-state index contributed by atoms with van der Waals surface area (Å²) in [6.07, 6.45) is -0.803. The van der Waals surface area contributed by atoms with Crippen LogP contribution in [0.4, 0.5) is 8.78 Å². The molecule has 84 valence electrons. The zero-order chi connectivity index (χ0) is 11.5. The van der Waals surface area contributed by atoms with E-state index in [1.807, 2.05) is 0 Å². The summed E-state index contributed by atoms with van der Waals surface area (Å²) in [5.74, 6) is -3.90. The van der Waals surface area contributed by atoms with E-state index in [4.69, 9.17) is 10.7 Å². The lowest BCUT2D eigenvalue weighted by atomic mass is 10.1. The Kier molecular flexibility index (Phi) is 3.67. The van der Waals surface area contributed by atoms with Gasteiger partial charge in [0.05, 0.1) is 5.75 Å². The second kappa shape index (κ2) is 4.45. The monoisotopic (exact) mass is 254 g/mol. The summed E-state index contributed by atoms with van der Waals surface area (Å²) in [6.45, 7) is 0. The van der Waals surface area contributed by atoms with E-state index in [0.717, 1.165) is 0 Å². The molecule has 0 unspecified atom stereocenters. The van der Waals surface area contributed by atoms with Crippen molar-refractivity contribution in [2.45, 2.75) is 12.3 Å². The topological polar surface area (TPSA) is 34.1 Å². The van der Waals surface area contributed by atoms with Gasteiger partial charge in [-0.1, -0.05) is 30.3 Å². The molecule has 0 fully saturated rings. The van der Waals surface area contributed by atoms with Crippen LogP contribution >= 0.6 is 10.7 Å². The first-order valence-corrected chi connectivity index (χ1v) is 6.65. The lowest BCUT2D eigenvalue weighted by Crippen LogP contribution is -2.17. The number of rotatable bonds is 4. The van der Waals surface area contributed by atoms with E-state index in [9.17, 15) is 17.2 Å². The summed E-state index contributed by atoms with van der Waals surface area (Å²) in [5.41, 5.74) is -0.203. The van der Waals surface area contributed by atoms with E-state index < -0.39 is 27.1 Å². The maximum absolute atomic E-state index is 13.4. The molecule has 1 rings (SSSR count). The maximum Gasteiger partial charge on any atom is 0.274 e. The van der Waals surface area contributed by atoms with Gasteiger partial charge in [0.25, 0.3) is 5.92 Å². The molecule has 0 atom stereocenters. The molecule has 6 heteroatoms. The van der Waals surface area contributed by atoms with Crippen molar-refractivity contribution in [3.8, 4) is 0 Å². The number of hydrogen-bond donors (Lipinski definition) is 0. The molecule has 0 bridgehead atoms. The van der Waals surface area contributed by atoms with Crippen LogP contribution in [0.25, 0.3) is 0 Å². The van der Waals surface area contributed by atoms with Crippen molar-refractivity contribution < 1.29 is 17.2 Å². The molecule has 2 nitrogen and oxygen atoms in total. The number of hydrogen-bond acceptors (Lipinski definition) is 2. The second-order valence-electron chi connectivity index (χ2n) is 3.06. The van der Waals surface area contributed by atoms with Gasteiger partial charge in [-0.25, -0.2) is 17.2 Å². The highest BCUT2D eigenvalue weighted by Gasteiger charge is 2.32. The molecule has 0 N–H and O–H groups in total. The average Bonchev–Trinajstić information content (AvgIpc) is 2.16. The zero-order valence-electron chi connectivity index (χ0n) is 7.66. The molecule has 15 heavy (non-hydrogen) atoms. The van der Waals surface area contributed by atoms with Gasteiger partial charge in [0, 0.05) is 22.7 Å². The third-order valence-corrected chi connectivity index (χ3v) is 3.01. The standard InChI is InChI=1S/C9H9ClF2O2S/c10-15(13,14)7-6-9(11,12)8-4-2-1-3-5-8/h1-5H,6-7H2. The van der Waals surface area contributed by atoms with Crippen molar-refractivity contribution >= 4 is 19.7 Å². The number of halogens is 3. The molecule has 0 aliphatic carbocycles. The largest absolute Gasteiger partial charge is 0.274 e. The molecule has 0 spiro atoms. The Balaban J connectivity index is 2.76. The molecule has 0 radical (unpaired) electrons. The van der Waals surface area contributed by atoms with Crippen molar-refractivity contribution in [2.24, 2.45) is 0 Å². The first-order valence-electron chi connectivity index (χ1n) is 4.17. The summed E-state index contributed by atoms with van der Waals surface area (Å²) >= 11 is 0. The molecule has 0 saturated heterocycles. The lowest BCUT2D eigenvalue weighted by Gasteiger charge is -2.15. The van der Waals surface area contributed by atoms with Crippen LogP contribution in [0.2, 0.25) is 0 Å². The summed E-state index contributed by atoms with van der Waals surface area (Å²) < 4.78 is 47.8. The van der Waals surface area contributed by atoms with Crippen molar-refractivity contribution in [1.29, 1.82) is 0 Å². The fraction of sp³-hybridized carbons (Fsp3) is 0.333. The van der Waals surface area contributed by atoms with E-state index in [2.05, 4.69) is 0 Å². The van der Waals surface area contributed by atoms with Crippen molar-refractivity contribution in [3.05, 3.63) is 35.9 Å². The Bertz CT molecular complexity index is 417. The first-order chi connectivity index (χ1) is 6.81. The molecule has 0 aliphatic rings. The molecule has 0 aromatic heterocycles. The van der Waals surface area contributed by atoms with Crippen LogP contribution in [0.1, 0.15) is 12.0 Å². The van der Waals surface area contributed by atoms with Gasteiger partial charge in [-0.15, -0.1) is 0 Å². The van der Waals surface area contributed by atoms with Crippen LogP contribution < -0.4 is 0 Å². The number of benzene rings is 1. The SMILES string of the molecule is O=S(=O)(Cl)CCC(F)(F)c1ccccc1. The van der Waals surface area contributed by atoms with Gasteiger partial charge in [-0.05, 0) is 0 Å². The first kappa shape index (κ1) is 12.4. The van der Waals surface area contributed by atoms with Gasteiger partial charge in [0.2, 0.25) is 9.05 Å². The Morgan fingerprint density at radius 2 is 1.73 bits per heavy atom. The third-order valence-electron chi connectivity index (χ3n) is 1.86. The highest BCUT2D eigenvalue weighted by molar-refractivity contribution is 8.13. The zero-order valence-corrected chi connectivity index (χ0v) is 9.23. The predicted molar refractivity (Wildman–Crippen MR) is 54.6 cm³/mol. The smallest absolute Gasteiger partial charge is 0.212 e. The highest BCUT2D eigenvalue weighted by atomic mass is 35.7. The van der Waals surface area contributed by atoms with Crippen LogP contribution in [-0.2, 0) is 15.0 Å². The molecule has 0 amide bonds. The summed E-state index contributed by atoms with van der Waals surface area (Å²) in [4.78, 5) is 0. The lowest BCUT2D eigenvalue weighted by molar-refractivity contribution is -0.00736. The van der Waals surface area contributed by atoms with Crippen LogP contribution in [-0.4, -0.2) is 14.2 Å². The fourth-order valence-electron chi connectivity index (χ4n) is 1.08. The minimum absolute atomic E-state index is 0.203. The molecule has 0 aliphatic heterocycles. The van der Waals surface area contributed by atoms with E-state index in [-0.39, 0.29) is 5.56 Å². The fourth-order valence-corrected chi connectivity index (χ4v) is 1.81. The molecule has 0 saturated carbocycles. The van der Waals surface area contributed by atoms with Crippen molar-refractivity contribution in [1.82, 2.24) is 0 Å². The highest BCUT2D eigenvalue weighted by Crippen LogP contribution is 2.31. The van der Waals surface area contributed by atoms with E-state index in [0.29, 0.717) is 0 Å². The van der Waals surface area contributed by atoms with E-state index >= 15 is 0 Å². The second-order valence-corrected chi connectivity index (χ2v) is 5.96. The van der Waals surface area contributed by atoms with Crippen LogP contribution in [0, 0.1) is 0 Å². The molecule has 1 aromatic rings. The van der Waals surface area contributed by atoms with E-state index in [1.165, 1.54) is 24.3 Å². The minimum atomic E-state index is -3.87. The number of alkyl halides is 2. The third kappa shape index (κ3) is 4.13. The average molecular weight is 255 g/mol. The minimum Gasteiger partial charge on any atom is -0.212 e. The van der Waals surface area contributed by atoms with Crippen LogP contribution in [0.15, 0.2) is 30.3 Å². The Morgan fingerprint density at radius 3 is 2.20 bits per heavy atom. The van der Waals surface area contributed by atoms with E-state index in [1.54, 1.807) is 6.07 Å². The van der Waals surface area contributed by atoms with Gasteiger partial charge in [-0.3, -0.25) is 0 Å². The van der Waals surface area contributed by atoms with Gasteiger partial charge < -0.3 is 0 Å². The molecular weight excluding hydrogens is 246 g/mol. The van der Waals surface area contributed by atoms with Crippen molar-refractivity contribution in [2.75, 3.05) is 5.75 Å². The normalized spacial score (nSPS) is 12.7. The van der Waals surface area contributed by atoms with Gasteiger partial charge in [-0.2, -0.15) is 0 Å². The van der Waals surface area contributed by atoms with Crippen molar-refractivity contribution in [3.63, 3.8) is 0 Å². The Labute approximate surface area is 91.3 Å². The van der Waals surface area contributed by atoms with Crippen LogP contribution in [0.5, 0.6) is 0 Å². The van der Waals surface area contributed by atoms with Gasteiger partial charge in [0.15, 0.2) is 0 Å². The quantitative estimate of drug-likeness (QED) is 0.775. The summed E-state index contributed by atoms with van der Waals surface area (Å²) in [5, 5.41) is 0. The Morgan fingerprint density at radius 1 is 1.20 bits per heavy atom. The molecular formula is C9H9ClF2O2S. The Hall–Kier alpha value is -0.680. The summed E-state index contributed by atoms with van der Waals surface area (Å²) in [7, 11) is 0.992. The summed E-state index contributed by atoms with van der Waals surface area (Å²) in [6, 6.07) is 7.05. The molecule has 1 aromatic carbocycles. The van der Waals surface area contributed by atoms with Gasteiger partial charge in [0.1, 0.15) is 0 Å². The van der Waals surface area contributed by atoms with Gasteiger partial charge >= 0.3 is 0 Å². The maximum atomic E-state index is 13.4. The van der Waals surface area contributed by atoms with Crippen LogP contribution in [0.3, 0.4) is 0 Å².